The first kappa shape index (κ1) is 19.3. The predicted molar refractivity (Wildman–Crippen MR) is 84.5 cm³/mol. The van der Waals surface area contributed by atoms with E-state index in [1.165, 1.54) is 26.4 Å². The van der Waals surface area contributed by atoms with E-state index in [0.29, 0.717) is 12.2 Å². The Hall–Kier alpha value is -2.70. The Bertz CT molecular complexity index is 648. The van der Waals surface area contributed by atoms with Crippen molar-refractivity contribution in [1.29, 1.82) is 0 Å². The van der Waals surface area contributed by atoms with Gasteiger partial charge in [0.2, 0.25) is 5.78 Å². The topological polar surface area (TPSA) is 107 Å². The molecule has 0 aliphatic rings. The molecule has 130 valence electrons. The van der Waals surface area contributed by atoms with Gasteiger partial charge in [0, 0.05) is 0 Å². The van der Waals surface area contributed by atoms with Gasteiger partial charge in [0.1, 0.15) is 11.5 Å². The number of aliphatic carboxylic acids is 1. The molecule has 1 aromatic rings. The number of hydrogen-bond acceptors (Lipinski definition) is 6. The van der Waals surface area contributed by atoms with Crippen LogP contribution in [0.1, 0.15) is 36.5 Å². The number of carboxylic acid groups (broad SMARTS) is 1. The normalized spacial score (nSPS) is 11.5. The van der Waals surface area contributed by atoms with Gasteiger partial charge < -0.3 is 14.6 Å². The Balaban J connectivity index is 3.02. The van der Waals surface area contributed by atoms with Crippen LogP contribution < -0.4 is 9.47 Å². The molecular formula is C17H20O7. The third kappa shape index (κ3) is 4.65. The maximum absolute atomic E-state index is 12.4. The molecule has 7 heteroatoms. The standard InChI is InChI=1S/C17H20O7/c1-4-5-11(16(20)17(21)22)13(18)9-14(19)12-8-10(23-2)6-7-15(12)24-3/h6-8,11H,4-5,9H2,1-3H3,(H,21,22). The molecule has 1 rings (SSSR count). The van der Waals surface area contributed by atoms with Crippen LogP contribution in [-0.2, 0) is 14.4 Å². The van der Waals surface area contributed by atoms with Crippen molar-refractivity contribution < 1.29 is 33.8 Å². The molecule has 1 aromatic carbocycles. The fraction of sp³-hybridized carbons (Fsp3) is 0.412. The predicted octanol–water partition coefficient (Wildman–Crippen LogP) is 1.92. The Morgan fingerprint density at radius 3 is 2.29 bits per heavy atom. The third-order valence-corrected chi connectivity index (χ3v) is 3.54. The average Bonchev–Trinajstić information content (AvgIpc) is 2.57. The van der Waals surface area contributed by atoms with Gasteiger partial charge in [0.05, 0.1) is 32.1 Å². The van der Waals surface area contributed by atoms with Crippen LogP contribution in [0.15, 0.2) is 18.2 Å². The first-order chi connectivity index (χ1) is 11.3. The highest BCUT2D eigenvalue weighted by Crippen LogP contribution is 2.26. The molecule has 0 aromatic heterocycles. The second-order valence-electron chi connectivity index (χ2n) is 5.14. The lowest BCUT2D eigenvalue weighted by Crippen LogP contribution is -2.31. The Labute approximate surface area is 139 Å². The molecule has 1 atom stereocenters. The van der Waals surface area contributed by atoms with E-state index in [1.807, 2.05) is 0 Å². The molecule has 0 fully saturated rings. The summed E-state index contributed by atoms with van der Waals surface area (Å²) in [6.07, 6.45) is -0.0359. The summed E-state index contributed by atoms with van der Waals surface area (Å²) in [5.74, 6) is -4.76. The monoisotopic (exact) mass is 336 g/mol. The van der Waals surface area contributed by atoms with E-state index in [1.54, 1.807) is 13.0 Å². The van der Waals surface area contributed by atoms with E-state index < -0.39 is 35.7 Å². The third-order valence-electron chi connectivity index (χ3n) is 3.54. The van der Waals surface area contributed by atoms with E-state index in [0.717, 1.165) is 0 Å². The fourth-order valence-corrected chi connectivity index (χ4v) is 2.28. The van der Waals surface area contributed by atoms with Crippen molar-refractivity contribution in [2.45, 2.75) is 26.2 Å². The van der Waals surface area contributed by atoms with Gasteiger partial charge in [0.25, 0.3) is 0 Å². The summed E-state index contributed by atoms with van der Waals surface area (Å²) >= 11 is 0. The second-order valence-corrected chi connectivity index (χ2v) is 5.14. The van der Waals surface area contributed by atoms with Crippen molar-refractivity contribution in [3.63, 3.8) is 0 Å². The molecule has 24 heavy (non-hydrogen) atoms. The zero-order valence-corrected chi connectivity index (χ0v) is 13.8. The molecule has 1 unspecified atom stereocenters. The van der Waals surface area contributed by atoms with Crippen molar-refractivity contribution in [3.05, 3.63) is 23.8 Å². The van der Waals surface area contributed by atoms with E-state index >= 15 is 0 Å². The van der Waals surface area contributed by atoms with E-state index in [4.69, 9.17) is 14.6 Å². The Kier molecular flexibility index (Phi) is 7.10. The Morgan fingerprint density at radius 2 is 1.79 bits per heavy atom. The number of ketones is 3. The number of rotatable bonds is 10. The van der Waals surface area contributed by atoms with Crippen molar-refractivity contribution in [2.24, 2.45) is 5.92 Å². The van der Waals surface area contributed by atoms with Crippen LogP contribution in [0.5, 0.6) is 11.5 Å². The van der Waals surface area contributed by atoms with Crippen molar-refractivity contribution in [2.75, 3.05) is 14.2 Å². The van der Waals surface area contributed by atoms with E-state index in [9.17, 15) is 19.2 Å². The summed E-state index contributed by atoms with van der Waals surface area (Å²) in [7, 11) is 2.82. The smallest absolute Gasteiger partial charge is 0.372 e. The minimum Gasteiger partial charge on any atom is -0.497 e. The van der Waals surface area contributed by atoms with E-state index in [2.05, 4.69) is 0 Å². The maximum Gasteiger partial charge on any atom is 0.372 e. The number of Topliss-reactive ketones (excluding diaryl/α,β-unsaturated/α-hetero) is 3. The first-order valence-corrected chi connectivity index (χ1v) is 7.40. The van der Waals surface area contributed by atoms with Crippen LogP contribution in [-0.4, -0.2) is 42.6 Å². The van der Waals surface area contributed by atoms with Crippen LogP contribution in [0.4, 0.5) is 0 Å². The molecule has 0 aliphatic carbocycles. The lowest BCUT2D eigenvalue weighted by Gasteiger charge is -2.13. The zero-order valence-electron chi connectivity index (χ0n) is 13.8. The summed E-state index contributed by atoms with van der Waals surface area (Å²) in [6.45, 7) is 1.72. The highest BCUT2D eigenvalue weighted by atomic mass is 16.5. The number of carboxylic acids is 1. The largest absolute Gasteiger partial charge is 0.497 e. The number of benzene rings is 1. The molecule has 7 nitrogen and oxygen atoms in total. The molecule has 0 spiro atoms. The van der Waals surface area contributed by atoms with Crippen LogP contribution >= 0.6 is 0 Å². The summed E-state index contributed by atoms with van der Waals surface area (Å²) in [5.41, 5.74) is 0.142. The number of ether oxygens (including phenoxy) is 2. The van der Waals surface area contributed by atoms with Crippen molar-refractivity contribution >= 4 is 23.3 Å². The van der Waals surface area contributed by atoms with Gasteiger partial charge in [-0.15, -0.1) is 0 Å². The molecule has 0 amide bonds. The number of carbonyl (C=O) groups excluding carboxylic acids is 3. The quantitative estimate of drug-likeness (QED) is 0.395. The molecular weight excluding hydrogens is 316 g/mol. The fourth-order valence-electron chi connectivity index (χ4n) is 2.28. The maximum atomic E-state index is 12.4. The lowest BCUT2D eigenvalue weighted by atomic mass is 9.90. The van der Waals surface area contributed by atoms with Gasteiger partial charge in [0.15, 0.2) is 11.6 Å². The molecule has 0 saturated heterocycles. The number of carbonyl (C=O) groups is 4. The summed E-state index contributed by atoms with van der Waals surface area (Å²) < 4.78 is 10.1. The lowest BCUT2D eigenvalue weighted by molar-refractivity contribution is -0.153. The van der Waals surface area contributed by atoms with Gasteiger partial charge in [-0.05, 0) is 24.6 Å². The zero-order chi connectivity index (χ0) is 18.3. The SMILES string of the molecule is CCCC(C(=O)CC(=O)c1cc(OC)ccc1OC)C(=O)C(=O)O. The van der Waals surface area contributed by atoms with Crippen molar-refractivity contribution in [3.8, 4) is 11.5 Å². The highest BCUT2D eigenvalue weighted by Gasteiger charge is 2.32. The van der Waals surface area contributed by atoms with Crippen LogP contribution in [0.25, 0.3) is 0 Å². The minimum atomic E-state index is -1.67. The number of hydrogen-bond donors (Lipinski definition) is 1. The molecule has 0 saturated carbocycles. The highest BCUT2D eigenvalue weighted by molar-refractivity contribution is 6.38. The van der Waals surface area contributed by atoms with E-state index in [-0.39, 0.29) is 17.7 Å². The molecule has 0 radical (unpaired) electrons. The van der Waals surface area contributed by atoms with Gasteiger partial charge in [-0.25, -0.2) is 4.79 Å². The van der Waals surface area contributed by atoms with Gasteiger partial charge >= 0.3 is 5.97 Å². The minimum absolute atomic E-state index is 0.0898. The Morgan fingerprint density at radius 1 is 1.12 bits per heavy atom. The summed E-state index contributed by atoms with van der Waals surface area (Å²) in [5, 5.41) is 8.81. The van der Waals surface area contributed by atoms with Gasteiger partial charge in [-0.3, -0.25) is 14.4 Å². The average molecular weight is 336 g/mol. The van der Waals surface area contributed by atoms with Crippen molar-refractivity contribution in [1.82, 2.24) is 0 Å². The summed E-state index contributed by atoms with van der Waals surface area (Å²) in [6, 6.07) is 4.57. The van der Waals surface area contributed by atoms with Crippen LogP contribution in [0, 0.1) is 5.92 Å². The molecule has 0 aliphatic heterocycles. The first-order valence-electron chi connectivity index (χ1n) is 7.40. The van der Waals surface area contributed by atoms with Gasteiger partial charge in [-0.1, -0.05) is 13.3 Å². The summed E-state index contributed by atoms with van der Waals surface area (Å²) in [4.78, 5) is 47.1. The van der Waals surface area contributed by atoms with Crippen LogP contribution in [0.2, 0.25) is 0 Å². The number of methoxy groups -OCH3 is 2. The van der Waals surface area contributed by atoms with Crippen LogP contribution in [0.3, 0.4) is 0 Å². The van der Waals surface area contributed by atoms with Gasteiger partial charge in [-0.2, -0.15) is 0 Å². The molecule has 0 heterocycles. The molecule has 0 bridgehead atoms. The molecule has 1 N–H and O–H groups in total. The second kappa shape index (κ2) is 8.81.